The van der Waals surface area contributed by atoms with Crippen LogP contribution in [0, 0.1) is 3.57 Å². The van der Waals surface area contributed by atoms with Gasteiger partial charge in [-0.05, 0) is 46.9 Å². The summed E-state index contributed by atoms with van der Waals surface area (Å²) in [6.45, 7) is 1.82. The number of likely N-dealkylation sites (N-methyl/N-ethyl adjacent to an activating group) is 1. The molecule has 1 fully saturated rings. The zero-order valence-electron chi connectivity index (χ0n) is 8.94. The van der Waals surface area contributed by atoms with Gasteiger partial charge in [-0.3, -0.25) is 4.79 Å². The lowest BCUT2D eigenvalue weighted by Crippen LogP contribution is -2.57. The fourth-order valence-electron chi connectivity index (χ4n) is 1.51. The molecular formula is C11H14ClIN2O. The van der Waals surface area contributed by atoms with E-state index in [1.165, 1.54) is 0 Å². The van der Waals surface area contributed by atoms with Crippen molar-refractivity contribution in [1.82, 2.24) is 10.2 Å². The van der Waals surface area contributed by atoms with Crippen LogP contribution in [0.3, 0.4) is 0 Å². The molecule has 1 saturated heterocycles. The van der Waals surface area contributed by atoms with E-state index in [4.69, 9.17) is 0 Å². The third-order valence-corrected chi connectivity index (χ3v) is 3.44. The summed E-state index contributed by atoms with van der Waals surface area (Å²) >= 11 is 2.23. The number of carbonyl (C=O) groups is 1. The molecule has 88 valence electrons. The summed E-state index contributed by atoms with van der Waals surface area (Å²) in [5, 5.41) is 3.16. The number of rotatable bonds is 2. The molecule has 16 heavy (non-hydrogen) atoms. The summed E-state index contributed by atoms with van der Waals surface area (Å²) in [4.78, 5) is 13.8. The second kappa shape index (κ2) is 5.84. The van der Waals surface area contributed by atoms with Crippen molar-refractivity contribution < 1.29 is 4.79 Å². The molecule has 1 heterocycles. The molecule has 0 aromatic heterocycles. The van der Waals surface area contributed by atoms with Gasteiger partial charge in [0.05, 0.1) is 6.04 Å². The Morgan fingerprint density at radius 1 is 1.38 bits per heavy atom. The van der Waals surface area contributed by atoms with Crippen molar-refractivity contribution in [1.29, 1.82) is 0 Å². The molecule has 0 radical (unpaired) electrons. The summed E-state index contributed by atoms with van der Waals surface area (Å²) < 4.78 is 1.15. The first kappa shape index (κ1) is 13.7. The molecule has 0 aliphatic carbocycles. The van der Waals surface area contributed by atoms with Crippen molar-refractivity contribution in [2.24, 2.45) is 0 Å². The lowest BCUT2D eigenvalue weighted by molar-refractivity contribution is 0.0681. The number of nitrogens with zero attached hydrogens (tertiary/aromatic N) is 1. The first-order chi connectivity index (χ1) is 7.18. The van der Waals surface area contributed by atoms with Crippen LogP contribution in [0.1, 0.15) is 10.4 Å². The average molecular weight is 353 g/mol. The topological polar surface area (TPSA) is 32.3 Å². The van der Waals surface area contributed by atoms with E-state index < -0.39 is 0 Å². The predicted molar refractivity (Wildman–Crippen MR) is 75.2 cm³/mol. The van der Waals surface area contributed by atoms with Crippen molar-refractivity contribution in [3.63, 3.8) is 0 Å². The van der Waals surface area contributed by atoms with Gasteiger partial charge in [0.1, 0.15) is 0 Å². The minimum absolute atomic E-state index is 0. The van der Waals surface area contributed by atoms with E-state index in [1.54, 1.807) is 0 Å². The van der Waals surface area contributed by atoms with Gasteiger partial charge in [0, 0.05) is 29.3 Å². The van der Waals surface area contributed by atoms with E-state index in [-0.39, 0.29) is 18.3 Å². The van der Waals surface area contributed by atoms with E-state index in [9.17, 15) is 4.79 Å². The average Bonchev–Trinajstić information content (AvgIpc) is 2.15. The standard InChI is InChI=1S/C11H13IN2O.ClH/c1-14(10-6-13-7-10)11(15)8-2-4-9(12)5-3-8;/h2-5,10,13H,6-7H2,1H3;1H. The summed E-state index contributed by atoms with van der Waals surface area (Å²) in [6.07, 6.45) is 0. The molecule has 1 aliphatic heterocycles. The van der Waals surface area contributed by atoms with Crippen molar-refractivity contribution >= 4 is 40.9 Å². The Labute approximate surface area is 115 Å². The minimum Gasteiger partial charge on any atom is -0.336 e. The Kier molecular flexibility index (Phi) is 5.01. The highest BCUT2D eigenvalue weighted by atomic mass is 127. The third-order valence-electron chi connectivity index (χ3n) is 2.72. The molecule has 1 aromatic rings. The summed E-state index contributed by atoms with van der Waals surface area (Å²) in [7, 11) is 1.87. The van der Waals surface area contributed by atoms with E-state index in [2.05, 4.69) is 27.9 Å². The van der Waals surface area contributed by atoms with Crippen LogP contribution in [0.15, 0.2) is 24.3 Å². The van der Waals surface area contributed by atoms with Crippen LogP contribution in [0.5, 0.6) is 0 Å². The van der Waals surface area contributed by atoms with Gasteiger partial charge in [-0.2, -0.15) is 0 Å². The van der Waals surface area contributed by atoms with E-state index in [0.717, 1.165) is 22.2 Å². The van der Waals surface area contributed by atoms with Crippen LogP contribution >= 0.6 is 35.0 Å². The van der Waals surface area contributed by atoms with Crippen molar-refractivity contribution in [3.05, 3.63) is 33.4 Å². The highest BCUT2D eigenvalue weighted by Crippen LogP contribution is 2.11. The smallest absolute Gasteiger partial charge is 0.253 e. The summed E-state index contributed by atoms with van der Waals surface area (Å²) in [5.74, 6) is 0.109. The molecule has 5 heteroatoms. The number of carbonyl (C=O) groups excluding carboxylic acids is 1. The van der Waals surface area contributed by atoms with Crippen LogP contribution < -0.4 is 5.32 Å². The molecular weight excluding hydrogens is 338 g/mol. The molecule has 0 saturated carbocycles. The molecule has 1 amide bonds. The fraction of sp³-hybridized carbons (Fsp3) is 0.364. The highest BCUT2D eigenvalue weighted by molar-refractivity contribution is 14.1. The van der Waals surface area contributed by atoms with Gasteiger partial charge in [0.2, 0.25) is 0 Å². The van der Waals surface area contributed by atoms with Crippen molar-refractivity contribution in [2.45, 2.75) is 6.04 Å². The van der Waals surface area contributed by atoms with Crippen LogP contribution in [-0.2, 0) is 0 Å². The lowest BCUT2D eigenvalue weighted by Gasteiger charge is -2.35. The third kappa shape index (κ3) is 2.87. The molecule has 1 aromatic carbocycles. The number of hydrogen-bond acceptors (Lipinski definition) is 2. The Balaban J connectivity index is 0.00000128. The molecule has 3 nitrogen and oxygen atoms in total. The quantitative estimate of drug-likeness (QED) is 0.823. The number of hydrogen-bond donors (Lipinski definition) is 1. The summed E-state index contributed by atoms with van der Waals surface area (Å²) in [5.41, 5.74) is 0.768. The van der Waals surface area contributed by atoms with Crippen molar-refractivity contribution in [3.8, 4) is 0 Å². The number of benzene rings is 1. The van der Waals surface area contributed by atoms with Crippen LogP contribution in [0.4, 0.5) is 0 Å². The normalized spacial score (nSPS) is 14.9. The number of nitrogens with one attached hydrogen (secondary N) is 1. The Hall–Kier alpha value is -0.330. The largest absolute Gasteiger partial charge is 0.336 e. The Morgan fingerprint density at radius 3 is 2.38 bits per heavy atom. The maximum Gasteiger partial charge on any atom is 0.253 e. The van der Waals surface area contributed by atoms with Gasteiger partial charge in [-0.25, -0.2) is 0 Å². The maximum atomic E-state index is 12.0. The minimum atomic E-state index is 0. The molecule has 0 spiro atoms. The predicted octanol–water partition coefficient (Wildman–Crippen LogP) is 1.76. The van der Waals surface area contributed by atoms with Crippen LogP contribution in [0.2, 0.25) is 0 Å². The first-order valence-electron chi connectivity index (χ1n) is 4.92. The van der Waals surface area contributed by atoms with Gasteiger partial charge in [0.15, 0.2) is 0 Å². The second-order valence-electron chi connectivity index (χ2n) is 3.74. The second-order valence-corrected chi connectivity index (χ2v) is 4.98. The van der Waals surface area contributed by atoms with Gasteiger partial charge < -0.3 is 10.2 Å². The zero-order valence-corrected chi connectivity index (χ0v) is 11.9. The van der Waals surface area contributed by atoms with Gasteiger partial charge in [0.25, 0.3) is 5.91 Å². The highest BCUT2D eigenvalue weighted by Gasteiger charge is 2.25. The van der Waals surface area contributed by atoms with Gasteiger partial charge in [-0.15, -0.1) is 12.4 Å². The van der Waals surface area contributed by atoms with E-state index >= 15 is 0 Å². The SMILES string of the molecule is CN(C(=O)c1ccc(I)cc1)C1CNC1.Cl. The van der Waals surface area contributed by atoms with E-state index in [1.807, 2.05) is 36.2 Å². The van der Waals surface area contributed by atoms with Crippen LogP contribution in [0.25, 0.3) is 0 Å². The van der Waals surface area contributed by atoms with Gasteiger partial charge in [-0.1, -0.05) is 0 Å². The molecule has 0 bridgehead atoms. The Morgan fingerprint density at radius 2 is 1.94 bits per heavy atom. The number of amides is 1. The van der Waals surface area contributed by atoms with Crippen LogP contribution in [-0.4, -0.2) is 37.0 Å². The Bertz CT molecular complexity index is 365. The first-order valence-corrected chi connectivity index (χ1v) is 6.00. The maximum absolute atomic E-state index is 12.0. The molecule has 0 atom stereocenters. The number of halogens is 2. The van der Waals surface area contributed by atoms with Gasteiger partial charge >= 0.3 is 0 Å². The lowest BCUT2D eigenvalue weighted by atomic mass is 10.1. The molecule has 0 unspecified atom stereocenters. The van der Waals surface area contributed by atoms with Crippen molar-refractivity contribution in [2.75, 3.05) is 20.1 Å². The zero-order chi connectivity index (χ0) is 10.8. The fourth-order valence-corrected chi connectivity index (χ4v) is 1.87. The molecule has 2 rings (SSSR count). The molecule has 1 N–H and O–H groups in total. The summed E-state index contributed by atoms with van der Waals surface area (Å²) in [6, 6.07) is 8.04. The van der Waals surface area contributed by atoms with E-state index in [0.29, 0.717) is 6.04 Å². The monoisotopic (exact) mass is 352 g/mol. The molecule has 1 aliphatic rings.